The summed E-state index contributed by atoms with van der Waals surface area (Å²) in [4.78, 5) is 15.7. The molecule has 0 unspecified atom stereocenters. The van der Waals surface area contributed by atoms with Gasteiger partial charge in [-0.3, -0.25) is 4.79 Å². The minimum Gasteiger partial charge on any atom is -0.497 e. The topological polar surface area (TPSA) is 43.7 Å². The molecule has 4 aromatic rings. The first-order valence-electron chi connectivity index (χ1n) is 12.2. The van der Waals surface area contributed by atoms with Crippen molar-refractivity contribution in [2.24, 2.45) is 13.0 Å². The summed E-state index contributed by atoms with van der Waals surface area (Å²) in [6.45, 7) is 5.11. The molecule has 0 fully saturated rings. The molecule has 35 heavy (non-hydrogen) atoms. The molecular weight excluding hydrogens is 436 g/mol. The maximum atomic E-state index is 13.7. The number of methoxy groups -OCH3 is 2. The van der Waals surface area contributed by atoms with Gasteiger partial charge in [0.25, 0.3) is 5.91 Å². The zero-order valence-electron chi connectivity index (χ0n) is 21.0. The van der Waals surface area contributed by atoms with Gasteiger partial charge in [-0.25, -0.2) is 0 Å². The van der Waals surface area contributed by atoms with E-state index in [2.05, 4.69) is 60.7 Å². The Morgan fingerprint density at radius 2 is 1.66 bits per heavy atom. The van der Waals surface area contributed by atoms with E-state index in [9.17, 15) is 4.79 Å². The molecule has 0 spiro atoms. The maximum absolute atomic E-state index is 13.7. The Morgan fingerprint density at radius 3 is 2.40 bits per heavy atom. The molecule has 1 amide bonds. The molecule has 1 atom stereocenters. The fourth-order valence-electron chi connectivity index (χ4n) is 5.33. The number of nitrogens with zero attached hydrogens (tertiary/aromatic N) is 2. The molecule has 0 saturated heterocycles. The third kappa shape index (κ3) is 3.75. The normalized spacial score (nSPS) is 15.2. The quantitative estimate of drug-likeness (QED) is 0.313. The number of aromatic nitrogens is 1. The van der Waals surface area contributed by atoms with Gasteiger partial charge in [-0.2, -0.15) is 0 Å². The highest BCUT2D eigenvalue weighted by Gasteiger charge is 2.40. The molecule has 180 valence electrons. The third-order valence-electron chi connectivity index (χ3n) is 7.09. The molecule has 5 heteroatoms. The van der Waals surface area contributed by atoms with Crippen LogP contribution in [0.5, 0.6) is 11.5 Å². The number of para-hydroxylation sites is 1. The first-order chi connectivity index (χ1) is 17.0. The predicted molar refractivity (Wildman–Crippen MR) is 140 cm³/mol. The average molecular weight is 469 g/mol. The number of ether oxygens (including phenoxy) is 2. The number of amides is 1. The lowest BCUT2D eigenvalue weighted by molar-refractivity contribution is 0.0742. The van der Waals surface area contributed by atoms with Crippen LogP contribution in [0.3, 0.4) is 0 Å². The molecule has 5 rings (SSSR count). The highest BCUT2D eigenvalue weighted by Crippen LogP contribution is 2.48. The van der Waals surface area contributed by atoms with Crippen molar-refractivity contribution in [2.45, 2.75) is 26.3 Å². The lowest BCUT2D eigenvalue weighted by atomic mass is 9.92. The molecule has 0 bridgehead atoms. The summed E-state index contributed by atoms with van der Waals surface area (Å²) < 4.78 is 13.6. The Balaban J connectivity index is 1.83. The van der Waals surface area contributed by atoms with Crippen molar-refractivity contribution in [1.82, 2.24) is 9.47 Å². The standard InChI is InChI=1S/C30H32N2O3/c1-19(2)16-17-32-29(21-10-6-7-11-22(21)30(32)33)27-23-12-8-9-13-25(23)31(3)28(27)24-18-20(34-4)14-15-26(24)35-5/h6-15,18-19,29H,16-17H2,1-5H3/t29-/m1/s1. The van der Waals surface area contributed by atoms with Crippen LogP contribution in [0.1, 0.15) is 47.8 Å². The lowest BCUT2D eigenvalue weighted by Gasteiger charge is -2.28. The van der Waals surface area contributed by atoms with E-state index in [1.807, 2.05) is 36.4 Å². The lowest BCUT2D eigenvalue weighted by Crippen LogP contribution is -2.30. The zero-order chi connectivity index (χ0) is 24.7. The van der Waals surface area contributed by atoms with E-state index in [4.69, 9.17) is 9.47 Å². The van der Waals surface area contributed by atoms with E-state index >= 15 is 0 Å². The van der Waals surface area contributed by atoms with Gasteiger partial charge in [0.05, 0.1) is 26.0 Å². The first kappa shape index (κ1) is 23.0. The smallest absolute Gasteiger partial charge is 0.255 e. The second kappa shape index (κ2) is 9.14. The molecule has 0 N–H and O–H groups in total. The number of aryl methyl sites for hydroxylation is 1. The van der Waals surface area contributed by atoms with Crippen LogP contribution in [0, 0.1) is 5.92 Å². The van der Waals surface area contributed by atoms with Crippen molar-refractivity contribution in [3.05, 3.63) is 83.4 Å². The molecule has 1 aliphatic rings. The van der Waals surface area contributed by atoms with Crippen LogP contribution in [0.2, 0.25) is 0 Å². The molecule has 3 aromatic carbocycles. The van der Waals surface area contributed by atoms with Crippen molar-refractivity contribution in [3.63, 3.8) is 0 Å². The predicted octanol–water partition coefficient (Wildman–Crippen LogP) is 6.45. The van der Waals surface area contributed by atoms with Gasteiger partial charge in [0.2, 0.25) is 0 Å². The second-order valence-corrected chi connectivity index (χ2v) is 9.58. The van der Waals surface area contributed by atoms with Crippen LogP contribution in [-0.4, -0.2) is 36.1 Å². The number of carbonyl (C=O) groups is 1. The molecule has 1 aliphatic heterocycles. The first-order valence-corrected chi connectivity index (χ1v) is 12.2. The molecule has 0 aliphatic carbocycles. The highest BCUT2D eigenvalue weighted by atomic mass is 16.5. The monoisotopic (exact) mass is 468 g/mol. The SMILES string of the molecule is COc1ccc(OC)c(-c2c([C@H]3c4ccccc4C(=O)N3CCC(C)C)c3ccccc3n2C)c1. The third-order valence-corrected chi connectivity index (χ3v) is 7.09. The van der Waals surface area contributed by atoms with E-state index in [1.54, 1.807) is 14.2 Å². The summed E-state index contributed by atoms with van der Waals surface area (Å²) in [5.41, 5.74) is 6.06. The number of hydrogen-bond acceptors (Lipinski definition) is 3. The number of fused-ring (bicyclic) bond motifs is 2. The highest BCUT2D eigenvalue weighted by molar-refractivity contribution is 6.02. The maximum Gasteiger partial charge on any atom is 0.255 e. The van der Waals surface area contributed by atoms with Crippen LogP contribution in [0.15, 0.2) is 66.7 Å². The Kier molecular flexibility index (Phi) is 6.01. The van der Waals surface area contributed by atoms with Crippen LogP contribution < -0.4 is 9.47 Å². The van der Waals surface area contributed by atoms with Crippen molar-refractivity contribution < 1.29 is 14.3 Å². The van der Waals surface area contributed by atoms with Gasteiger partial charge in [0.15, 0.2) is 0 Å². The molecule has 5 nitrogen and oxygen atoms in total. The minimum absolute atomic E-state index is 0.0998. The Morgan fingerprint density at radius 1 is 0.914 bits per heavy atom. The van der Waals surface area contributed by atoms with Gasteiger partial charge < -0.3 is 18.9 Å². The van der Waals surface area contributed by atoms with E-state index in [-0.39, 0.29) is 11.9 Å². The average Bonchev–Trinajstić information content (AvgIpc) is 3.32. The van der Waals surface area contributed by atoms with Gasteiger partial charge in [-0.05, 0) is 48.2 Å². The van der Waals surface area contributed by atoms with Gasteiger partial charge in [-0.1, -0.05) is 50.2 Å². The summed E-state index contributed by atoms with van der Waals surface area (Å²) in [5.74, 6) is 2.13. The van der Waals surface area contributed by atoms with Gasteiger partial charge in [0.1, 0.15) is 11.5 Å². The van der Waals surface area contributed by atoms with Crippen LogP contribution in [0.4, 0.5) is 0 Å². The van der Waals surface area contributed by atoms with Crippen molar-refractivity contribution >= 4 is 16.8 Å². The molecule has 0 radical (unpaired) electrons. The molecule has 1 aromatic heterocycles. The summed E-state index contributed by atoms with van der Waals surface area (Å²) in [5, 5.41) is 1.14. The number of rotatable bonds is 7. The minimum atomic E-state index is -0.186. The summed E-state index contributed by atoms with van der Waals surface area (Å²) in [6.07, 6.45) is 0.943. The largest absolute Gasteiger partial charge is 0.497 e. The van der Waals surface area contributed by atoms with Crippen molar-refractivity contribution in [1.29, 1.82) is 0 Å². The summed E-state index contributed by atoms with van der Waals surface area (Å²) in [6, 6.07) is 22.2. The number of carbonyl (C=O) groups excluding carboxylic acids is 1. The van der Waals surface area contributed by atoms with Crippen molar-refractivity contribution in [2.75, 3.05) is 20.8 Å². The van der Waals surface area contributed by atoms with Crippen molar-refractivity contribution in [3.8, 4) is 22.8 Å². The van der Waals surface area contributed by atoms with Crippen LogP contribution >= 0.6 is 0 Å². The fourth-order valence-corrected chi connectivity index (χ4v) is 5.33. The van der Waals surface area contributed by atoms with E-state index < -0.39 is 0 Å². The Bertz CT molecular complexity index is 1400. The van der Waals surface area contributed by atoms with Gasteiger partial charge in [0, 0.05) is 41.2 Å². The number of hydrogen-bond donors (Lipinski definition) is 0. The summed E-state index contributed by atoms with van der Waals surface area (Å²) >= 11 is 0. The second-order valence-electron chi connectivity index (χ2n) is 9.58. The van der Waals surface area contributed by atoms with Gasteiger partial charge in [-0.15, -0.1) is 0 Å². The number of benzene rings is 3. The molecular formula is C30H32N2O3. The van der Waals surface area contributed by atoms with E-state index in [0.29, 0.717) is 12.5 Å². The fraction of sp³-hybridized carbons (Fsp3) is 0.300. The van der Waals surface area contributed by atoms with Crippen LogP contribution in [-0.2, 0) is 7.05 Å². The summed E-state index contributed by atoms with van der Waals surface area (Å²) in [7, 11) is 5.45. The molecule has 0 saturated carbocycles. The Hall–Kier alpha value is -3.73. The molecule has 2 heterocycles. The van der Waals surface area contributed by atoms with Gasteiger partial charge >= 0.3 is 0 Å². The van der Waals surface area contributed by atoms with E-state index in [1.165, 1.54) is 0 Å². The van der Waals surface area contributed by atoms with Crippen LogP contribution in [0.25, 0.3) is 22.2 Å². The van der Waals surface area contributed by atoms with E-state index in [0.717, 1.165) is 56.8 Å². The Labute approximate surface area is 206 Å². The zero-order valence-corrected chi connectivity index (χ0v) is 21.0.